The molecular formula is C13H31NO5Si. The van der Waals surface area contributed by atoms with Gasteiger partial charge >= 0.3 is 0 Å². The van der Waals surface area contributed by atoms with E-state index in [1.54, 1.807) is 0 Å². The molecule has 0 aromatic heterocycles. The van der Waals surface area contributed by atoms with Crippen LogP contribution in [-0.2, 0) is 4.43 Å². The molecule has 122 valence electrons. The summed E-state index contributed by atoms with van der Waals surface area (Å²) in [7, 11) is -1.71. The Hall–Kier alpha value is -0.0231. The highest BCUT2D eigenvalue weighted by atomic mass is 28.4. The first kappa shape index (κ1) is 20.0. The van der Waals surface area contributed by atoms with Gasteiger partial charge in [-0.15, -0.1) is 0 Å². The first-order valence-electron chi connectivity index (χ1n) is 7.24. The Bertz CT molecular complexity index is 249. The Labute approximate surface area is 123 Å². The summed E-state index contributed by atoms with van der Waals surface area (Å²) in [6, 6.07) is 0.885. The summed E-state index contributed by atoms with van der Waals surface area (Å²) in [6.07, 6.45) is -3.67. The van der Waals surface area contributed by atoms with Crippen molar-refractivity contribution in [3.05, 3.63) is 0 Å². The maximum atomic E-state index is 9.92. The van der Waals surface area contributed by atoms with Crippen LogP contribution >= 0.6 is 0 Å². The lowest BCUT2D eigenvalue weighted by Crippen LogP contribution is -2.52. The van der Waals surface area contributed by atoms with Gasteiger partial charge in [-0.25, -0.2) is 4.90 Å². The summed E-state index contributed by atoms with van der Waals surface area (Å²) < 4.78 is 5.72. The van der Waals surface area contributed by atoms with Crippen LogP contribution in [0.4, 0.5) is 0 Å². The van der Waals surface area contributed by atoms with Crippen molar-refractivity contribution in [1.29, 1.82) is 0 Å². The van der Waals surface area contributed by atoms with E-state index in [0.29, 0.717) is 13.2 Å². The first-order chi connectivity index (χ1) is 9.12. The molecule has 0 heterocycles. The molecule has 0 aromatic carbocycles. The van der Waals surface area contributed by atoms with Crippen LogP contribution in [0.2, 0.25) is 19.1 Å². The van der Waals surface area contributed by atoms with Crippen LogP contribution in [0.25, 0.3) is 0 Å². The smallest absolute Gasteiger partial charge is 0.186 e. The molecule has 0 amide bonds. The molecule has 0 bridgehead atoms. The van der Waals surface area contributed by atoms with Gasteiger partial charge in [-0.3, -0.25) is 0 Å². The minimum absolute atomic E-state index is 0.391. The van der Waals surface area contributed by atoms with Crippen molar-refractivity contribution in [2.45, 2.75) is 71.0 Å². The lowest BCUT2D eigenvalue weighted by atomic mass is 10.2. The molecule has 20 heavy (non-hydrogen) atoms. The van der Waals surface area contributed by atoms with Crippen molar-refractivity contribution < 1.29 is 24.9 Å². The average molecular weight is 309 g/mol. The molecule has 4 unspecified atom stereocenters. The lowest BCUT2D eigenvalue weighted by molar-refractivity contribution is -0.171. The van der Waals surface area contributed by atoms with E-state index < -0.39 is 33.0 Å². The molecule has 0 aromatic rings. The fourth-order valence-corrected chi connectivity index (χ4v) is 4.06. The van der Waals surface area contributed by atoms with Crippen LogP contribution in [0.5, 0.6) is 0 Å². The molecule has 0 aliphatic carbocycles. The molecule has 7 heteroatoms. The van der Waals surface area contributed by atoms with Crippen LogP contribution in [0.1, 0.15) is 27.2 Å². The van der Waals surface area contributed by atoms with Gasteiger partial charge < -0.3 is 24.9 Å². The third-order valence-electron chi connectivity index (χ3n) is 3.27. The summed E-state index contributed by atoms with van der Waals surface area (Å²) in [5, 5.41) is 38.8. The molecule has 0 saturated heterocycles. The van der Waals surface area contributed by atoms with E-state index in [9.17, 15) is 20.4 Å². The third kappa shape index (κ3) is 7.12. The summed E-state index contributed by atoms with van der Waals surface area (Å²) in [6.45, 7) is 10.2. The number of aliphatic hydroxyl groups is 4. The summed E-state index contributed by atoms with van der Waals surface area (Å²) in [5.41, 5.74) is 0. The summed E-state index contributed by atoms with van der Waals surface area (Å²) in [4.78, 5) is 1.33. The van der Waals surface area contributed by atoms with Crippen LogP contribution < -0.4 is 0 Å². The zero-order chi connectivity index (χ0) is 15.9. The Balaban J connectivity index is 4.52. The van der Waals surface area contributed by atoms with Gasteiger partial charge in [0, 0.05) is 13.2 Å². The predicted octanol–water partition coefficient (Wildman–Crippen LogP) is 0.319. The normalized spacial score (nSPS) is 18.9. The second-order valence-corrected chi connectivity index (χ2v) is 10.2. The van der Waals surface area contributed by atoms with Crippen molar-refractivity contribution in [3.63, 3.8) is 0 Å². The highest BCUT2D eigenvalue weighted by Gasteiger charge is 2.30. The Morgan fingerprint density at radius 1 is 1.00 bits per heavy atom. The Morgan fingerprint density at radius 2 is 1.45 bits per heavy atom. The van der Waals surface area contributed by atoms with Gasteiger partial charge in [0.05, 0.1) is 12.2 Å². The SMILES string of the molecule is CCO[Si](C)(C)CCCN(C(O)C(C)O)C(O)C(C)O. The minimum Gasteiger partial charge on any atom is -0.418 e. The summed E-state index contributed by atoms with van der Waals surface area (Å²) >= 11 is 0. The van der Waals surface area contributed by atoms with E-state index in [0.717, 1.165) is 12.5 Å². The highest BCUT2D eigenvalue weighted by Crippen LogP contribution is 2.17. The molecule has 0 aliphatic heterocycles. The van der Waals surface area contributed by atoms with Crippen molar-refractivity contribution in [3.8, 4) is 0 Å². The standard InChI is InChI=1S/C13H31NO5Si/c1-6-19-20(4,5)9-7-8-14(12(17)10(2)15)13(18)11(3)16/h10-13,15-18H,6-9H2,1-5H3. The van der Waals surface area contributed by atoms with Gasteiger partial charge in [-0.1, -0.05) is 0 Å². The topological polar surface area (TPSA) is 93.4 Å². The molecule has 6 nitrogen and oxygen atoms in total. The fraction of sp³-hybridized carbons (Fsp3) is 1.00. The summed E-state index contributed by atoms with van der Waals surface area (Å²) in [5.74, 6) is 0. The first-order valence-corrected chi connectivity index (χ1v) is 10.4. The number of aliphatic hydroxyl groups excluding tert-OH is 4. The Morgan fingerprint density at radius 3 is 1.80 bits per heavy atom. The minimum atomic E-state index is -1.71. The molecule has 0 aliphatic rings. The van der Waals surface area contributed by atoms with Crippen LogP contribution in [0, 0.1) is 0 Å². The molecular weight excluding hydrogens is 278 g/mol. The molecule has 0 fully saturated rings. The average Bonchev–Trinajstić information content (AvgIpc) is 2.32. The van der Waals surface area contributed by atoms with Gasteiger partial charge in [0.1, 0.15) is 12.5 Å². The number of rotatable bonds is 10. The van der Waals surface area contributed by atoms with Crippen molar-refractivity contribution in [1.82, 2.24) is 4.90 Å². The molecule has 0 saturated carbocycles. The highest BCUT2D eigenvalue weighted by molar-refractivity contribution is 6.71. The van der Waals surface area contributed by atoms with Crippen LogP contribution in [0.15, 0.2) is 0 Å². The van der Waals surface area contributed by atoms with Crippen LogP contribution in [0.3, 0.4) is 0 Å². The van der Waals surface area contributed by atoms with E-state index >= 15 is 0 Å². The fourth-order valence-electron chi connectivity index (χ4n) is 2.13. The van der Waals surface area contributed by atoms with E-state index in [1.807, 2.05) is 6.92 Å². The Kier molecular flexibility index (Phi) is 9.08. The second kappa shape index (κ2) is 9.09. The molecule has 4 atom stereocenters. The van der Waals surface area contributed by atoms with E-state index in [-0.39, 0.29) is 0 Å². The molecule has 0 radical (unpaired) electrons. The van der Waals surface area contributed by atoms with E-state index in [1.165, 1.54) is 18.7 Å². The van der Waals surface area contributed by atoms with Crippen LogP contribution in [-0.4, -0.2) is 71.5 Å². The van der Waals surface area contributed by atoms with Gasteiger partial charge in [-0.2, -0.15) is 0 Å². The monoisotopic (exact) mass is 309 g/mol. The van der Waals surface area contributed by atoms with Gasteiger partial charge in [0.2, 0.25) is 0 Å². The molecule has 0 spiro atoms. The zero-order valence-electron chi connectivity index (χ0n) is 13.3. The van der Waals surface area contributed by atoms with Crippen molar-refractivity contribution in [2.75, 3.05) is 13.2 Å². The third-order valence-corrected chi connectivity index (χ3v) is 5.90. The number of hydrogen-bond acceptors (Lipinski definition) is 6. The van der Waals surface area contributed by atoms with Gasteiger partial charge in [0.15, 0.2) is 8.32 Å². The molecule has 0 rings (SSSR count). The van der Waals surface area contributed by atoms with Gasteiger partial charge in [0.25, 0.3) is 0 Å². The van der Waals surface area contributed by atoms with Crippen molar-refractivity contribution >= 4 is 8.32 Å². The number of hydrogen-bond donors (Lipinski definition) is 4. The maximum Gasteiger partial charge on any atom is 0.186 e. The largest absolute Gasteiger partial charge is 0.418 e. The van der Waals surface area contributed by atoms with E-state index in [2.05, 4.69) is 13.1 Å². The van der Waals surface area contributed by atoms with Crippen molar-refractivity contribution in [2.24, 2.45) is 0 Å². The zero-order valence-corrected chi connectivity index (χ0v) is 14.3. The lowest BCUT2D eigenvalue weighted by Gasteiger charge is -2.35. The predicted molar refractivity (Wildman–Crippen MR) is 80.6 cm³/mol. The maximum absolute atomic E-state index is 9.92. The van der Waals surface area contributed by atoms with Gasteiger partial charge in [-0.05, 0) is 46.3 Å². The van der Waals surface area contributed by atoms with E-state index in [4.69, 9.17) is 4.43 Å². The molecule has 4 N–H and O–H groups in total. The second-order valence-electron chi connectivity index (χ2n) is 5.84. The number of nitrogens with zero attached hydrogens (tertiary/aromatic N) is 1. The quantitative estimate of drug-likeness (QED) is 0.343.